The van der Waals surface area contributed by atoms with E-state index in [2.05, 4.69) is 26.8 Å². The zero-order valence-electron chi connectivity index (χ0n) is 18.2. The highest BCUT2D eigenvalue weighted by molar-refractivity contribution is 6.37. The van der Waals surface area contributed by atoms with Crippen LogP contribution in [-0.2, 0) is 4.79 Å². The number of anilines is 1. The lowest BCUT2D eigenvalue weighted by Gasteiger charge is -2.34. The number of methoxy groups -OCH3 is 1. The van der Waals surface area contributed by atoms with Gasteiger partial charge >= 0.3 is 0 Å². The monoisotopic (exact) mass is 513 g/mol. The number of amides is 1. The van der Waals surface area contributed by atoms with Gasteiger partial charge in [0.25, 0.3) is 5.91 Å². The normalized spacial score (nSPS) is 16.3. The Morgan fingerprint density at radius 1 is 1.12 bits per heavy atom. The van der Waals surface area contributed by atoms with Crippen molar-refractivity contribution in [3.8, 4) is 11.5 Å². The molecule has 11 heteroatoms. The van der Waals surface area contributed by atoms with E-state index in [1.54, 1.807) is 19.2 Å². The molecule has 1 amide bonds. The highest BCUT2D eigenvalue weighted by Crippen LogP contribution is 2.34. The van der Waals surface area contributed by atoms with E-state index in [1.807, 2.05) is 18.2 Å². The van der Waals surface area contributed by atoms with Crippen molar-refractivity contribution >= 4 is 40.6 Å². The Morgan fingerprint density at radius 3 is 2.45 bits per heavy atom. The summed E-state index contributed by atoms with van der Waals surface area (Å²) in [6, 6.07) is 11.6. The van der Waals surface area contributed by atoms with Crippen LogP contribution in [0.5, 0.6) is 11.5 Å². The van der Waals surface area contributed by atoms with Gasteiger partial charge in [0.2, 0.25) is 0 Å². The van der Waals surface area contributed by atoms with Crippen molar-refractivity contribution in [2.45, 2.75) is 0 Å². The molecule has 0 radical (unpaired) electrons. The molecular weight excluding hydrogens is 489 g/mol. The predicted molar refractivity (Wildman–Crippen MR) is 125 cm³/mol. The number of rotatable bonds is 7. The van der Waals surface area contributed by atoms with Gasteiger partial charge in [-0.05, 0) is 24.3 Å². The summed E-state index contributed by atoms with van der Waals surface area (Å²) < 4.78 is 11.4. The van der Waals surface area contributed by atoms with Gasteiger partial charge in [0, 0.05) is 5.56 Å². The first kappa shape index (κ1) is 25.2. The first-order valence-electron chi connectivity index (χ1n) is 10.5. The standard InChI is InChI=1S/C22H25Cl2N5O3.ClH/c1-31-19-5-3-2-4-18(19)29-8-6-28(7-9-29)10-11-32-21-16(23)12-15(13-17(21)24)22-25-14-20(30)26-27-22;/h2-5,12-13H,6-11,14H2,1H3,(H,25,27)(H,26,30);1H. The fourth-order valence-electron chi connectivity index (χ4n) is 3.86. The summed E-state index contributed by atoms with van der Waals surface area (Å²) in [4.78, 5) is 19.2. The first-order valence-corrected chi connectivity index (χ1v) is 11.2. The Bertz CT molecular complexity index is 990. The molecule has 0 unspecified atom stereocenters. The molecule has 178 valence electrons. The van der Waals surface area contributed by atoms with Gasteiger partial charge in [-0.2, -0.15) is 0 Å². The lowest BCUT2D eigenvalue weighted by Crippen LogP contribution is -3.15. The van der Waals surface area contributed by atoms with Gasteiger partial charge in [0.05, 0.1) is 49.0 Å². The molecule has 33 heavy (non-hydrogen) atoms. The van der Waals surface area contributed by atoms with Crippen LogP contribution in [0.4, 0.5) is 5.69 Å². The maximum Gasteiger partial charge on any atom is 0.260 e. The number of hydrogen-bond donors (Lipinski definition) is 3. The number of piperazine rings is 1. The van der Waals surface area contributed by atoms with E-state index in [0.29, 0.717) is 33.8 Å². The fourth-order valence-corrected chi connectivity index (χ4v) is 4.46. The van der Waals surface area contributed by atoms with Gasteiger partial charge in [-0.1, -0.05) is 35.3 Å². The summed E-state index contributed by atoms with van der Waals surface area (Å²) in [7, 11) is 1.71. The third-order valence-electron chi connectivity index (χ3n) is 5.57. The molecule has 0 atom stereocenters. The van der Waals surface area contributed by atoms with Crippen LogP contribution in [0, 0.1) is 0 Å². The fraction of sp³-hybridized carbons (Fsp3) is 0.364. The number of benzene rings is 2. The predicted octanol–water partition coefficient (Wildman–Crippen LogP) is -1.83. The summed E-state index contributed by atoms with van der Waals surface area (Å²) >= 11 is 12.8. The maximum atomic E-state index is 11.2. The number of quaternary nitrogens is 1. The smallest absolute Gasteiger partial charge is 0.260 e. The number of amidine groups is 1. The number of nitrogens with zero attached hydrogens (tertiary/aromatic N) is 2. The van der Waals surface area contributed by atoms with Crippen molar-refractivity contribution in [1.82, 2.24) is 10.9 Å². The van der Waals surface area contributed by atoms with E-state index >= 15 is 0 Å². The second kappa shape index (κ2) is 11.7. The van der Waals surface area contributed by atoms with Crippen LogP contribution in [0.25, 0.3) is 0 Å². The number of ether oxygens (including phenoxy) is 2. The van der Waals surface area contributed by atoms with Crippen molar-refractivity contribution in [3.63, 3.8) is 0 Å². The van der Waals surface area contributed by atoms with E-state index in [1.165, 1.54) is 4.90 Å². The molecule has 2 aliphatic rings. The Balaban J connectivity index is 0.00000306. The molecule has 1 saturated heterocycles. The third-order valence-corrected chi connectivity index (χ3v) is 6.13. The Morgan fingerprint density at radius 2 is 1.82 bits per heavy atom. The van der Waals surface area contributed by atoms with Crippen LogP contribution in [0.1, 0.15) is 5.56 Å². The van der Waals surface area contributed by atoms with E-state index < -0.39 is 0 Å². The second-order valence-corrected chi connectivity index (χ2v) is 8.43. The number of hydrazine groups is 1. The Labute approximate surface area is 209 Å². The quantitative estimate of drug-likeness (QED) is 0.405. The van der Waals surface area contributed by atoms with Crippen LogP contribution in [0.2, 0.25) is 10.0 Å². The molecule has 2 heterocycles. The largest absolute Gasteiger partial charge is 1.00 e. The van der Waals surface area contributed by atoms with Crippen molar-refractivity contribution in [2.24, 2.45) is 4.99 Å². The Hall–Kier alpha value is -2.39. The SMILES string of the molecule is COc1ccccc1N1CC[NH+](CCOc2c(Cl)cc(C3=NCC(=O)NN3)cc2Cl)CC1.[Cl-]. The number of aliphatic imine (C=N–C) groups is 1. The minimum absolute atomic E-state index is 0. The molecule has 2 aromatic rings. The minimum atomic E-state index is -0.197. The van der Waals surface area contributed by atoms with Gasteiger partial charge in [-0.25, -0.2) is 0 Å². The Kier molecular flexibility index (Phi) is 8.91. The zero-order valence-corrected chi connectivity index (χ0v) is 20.4. The summed E-state index contributed by atoms with van der Waals surface area (Å²) in [5.41, 5.74) is 7.09. The summed E-state index contributed by atoms with van der Waals surface area (Å²) in [6.45, 7) is 5.36. The highest BCUT2D eigenvalue weighted by Gasteiger charge is 2.22. The number of carbonyl (C=O) groups is 1. The maximum absolute atomic E-state index is 11.2. The van der Waals surface area contributed by atoms with Gasteiger partial charge < -0.3 is 31.7 Å². The van der Waals surface area contributed by atoms with Crippen molar-refractivity contribution < 1.29 is 31.6 Å². The molecule has 2 aliphatic heterocycles. The highest BCUT2D eigenvalue weighted by atomic mass is 35.5. The number of nitrogens with one attached hydrogen (secondary N) is 3. The molecule has 3 N–H and O–H groups in total. The summed E-state index contributed by atoms with van der Waals surface area (Å²) in [5.74, 6) is 1.68. The van der Waals surface area contributed by atoms with Crippen molar-refractivity contribution in [1.29, 1.82) is 0 Å². The average molecular weight is 515 g/mol. The number of halogens is 3. The van der Waals surface area contributed by atoms with E-state index in [9.17, 15) is 4.79 Å². The molecular formula is C22H26Cl3N5O3. The van der Waals surface area contributed by atoms with E-state index in [0.717, 1.165) is 44.2 Å². The lowest BCUT2D eigenvalue weighted by atomic mass is 10.2. The van der Waals surface area contributed by atoms with Crippen LogP contribution < -0.4 is 42.5 Å². The number of hydrogen-bond acceptors (Lipinski definition) is 6. The first-order chi connectivity index (χ1) is 15.5. The molecule has 0 spiro atoms. The molecule has 1 fully saturated rings. The third kappa shape index (κ3) is 6.14. The molecule has 0 bridgehead atoms. The van der Waals surface area contributed by atoms with Gasteiger partial charge in [-0.15, -0.1) is 0 Å². The molecule has 2 aromatic carbocycles. The number of para-hydroxylation sites is 2. The second-order valence-electron chi connectivity index (χ2n) is 7.61. The van der Waals surface area contributed by atoms with Crippen molar-refractivity contribution in [2.75, 3.05) is 57.9 Å². The van der Waals surface area contributed by atoms with Gasteiger partial charge in [0.1, 0.15) is 31.3 Å². The van der Waals surface area contributed by atoms with Crippen molar-refractivity contribution in [3.05, 3.63) is 52.0 Å². The van der Waals surface area contributed by atoms with Gasteiger partial charge in [-0.3, -0.25) is 20.6 Å². The molecule has 0 aliphatic carbocycles. The minimum Gasteiger partial charge on any atom is -1.00 e. The molecule has 8 nitrogen and oxygen atoms in total. The number of carbonyl (C=O) groups excluding carboxylic acids is 1. The van der Waals surface area contributed by atoms with Crippen LogP contribution in [0.3, 0.4) is 0 Å². The van der Waals surface area contributed by atoms with Gasteiger partial charge in [0.15, 0.2) is 5.75 Å². The van der Waals surface area contributed by atoms with Crippen LogP contribution in [-0.4, -0.2) is 64.7 Å². The molecule has 4 rings (SSSR count). The molecule has 0 aromatic heterocycles. The van der Waals surface area contributed by atoms with E-state index in [-0.39, 0.29) is 24.9 Å². The van der Waals surface area contributed by atoms with Crippen LogP contribution in [0.15, 0.2) is 41.4 Å². The summed E-state index contributed by atoms with van der Waals surface area (Å²) in [6.07, 6.45) is 0. The lowest BCUT2D eigenvalue weighted by molar-refractivity contribution is -0.900. The zero-order chi connectivity index (χ0) is 22.5. The topological polar surface area (TPSA) is 79.6 Å². The average Bonchev–Trinajstić information content (AvgIpc) is 2.81. The van der Waals surface area contributed by atoms with Crippen LogP contribution >= 0.6 is 23.2 Å². The molecule has 0 saturated carbocycles. The van der Waals surface area contributed by atoms with E-state index in [4.69, 9.17) is 32.7 Å². The summed E-state index contributed by atoms with van der Waals surface area (Å²) in [5, 5.41) is 0.815.